The van der Waals surface area contributed by atoms with Crippen LogP contribution in [0.5, 0.6) is 0 Å². The summed E-state index contributed by atoms with van der Waals surface area (Å²) < 4.78 is 20.9. The molecule has 8 heteroatoms. The molecule has 0 heterocycles. The van der Waals surface area contributed by atoms with E-state index >= 15 is 0 Å². The van der Waals surface area contributed by atoms with Crippen LogP contribution in [0.3, 0.4) is 0 Å². The molecule has 0 fully saturated rings. The first kappa shape index (κ1) is 25.1. The third-order valence-corrected chi connectivity index (χ3v) is 3.42. The molecule has 0 spiro atoms. The van der Waals surface area contributed by atoms with Gasteiger partial charge in [0.1, 0.15) is 0 Å². The summed E-state index contributed by atoms with van der Waals surface area (Å²) in [6, 6.07) is 2.48. The lowest BCUT2D eigenvalue weighted by atomic mass is 9.95. The molecule has 0 aliphatic heterocycles. The molecule has 0 radical (unpaired) electrons. The van der Waals surface area contributed by atoms with Crippen molar-refractivity contribution in [2.45, 2.75) is 79.8 Å². The van der Waals surface area contributed by atoms with Crippen molar-refractivity contribution < 1.29 is 38.1 Å². The molecule has 0 aliphatic rings. The van der Waals surface area contributed by atoms with E-state index < -0.39 is 59.4 Å². The average molecular weight is 422 g/mol. The van der Waals surface area contributed by atoms with Gasteiger partial charge in [-0.3, -0.25) is 0 Å². The van der Waals surface area contributed by atoms with Crippen LogP contribution >= 0.6 is 0 Å². The second-order valence-corrected chi connectivity index (χ2v) is 7.73. The third kappa shape index (κ3) is 6.86. The highest BCUT2D eigenvalue weighted by Gasteiger charge is 2.33. The minimum atomic E-state index is -0.949. The van der Waals surface area contributed by atoms with Crippen LogP contribution in [0.4, 0.5) is 0 Å². The third-order valence-electron chi connectivity index (χ3n) is 3.42. The van der Waals surface area contributed by atoms with E-state index in [9.17, 15) is 19.2 Å². The van der Waals surface area contributed by atoms with E-state index in [2.05, 4.69) is 0 Å². The maximum absolute atomic E-state index is 12.9. The van der Waals surface area contributed by atoms with Gasteiger partial charge in [0.15, 0.2) is 0 Å². The number of ether oxygens (including phenoxy) is 4. The van der Waals surface area contributed by atoms with Gasteiger partial charge in [0, 0.05) is 0 Å². The van der Waals surface area contributed by atoms with Crippen LogP contribution in [0.25, 0.3) is 0 Å². The number of hydrogen-bond donors (Lipinski definition) is 0. The Morgan fingerprint density at radius 1 is 0.500 bits per heavy atom. The lowest BCUT2D eigenvalue weighted by Gasteiger charge is -2.19. The topological polar surface area (TPSA) is 105 Å². The molecule has 30 heavy (non-hydrogen) atoms. The Morgan fingerprint density at radius 2 is 0.733 bits per heavy atom. The maximum atomic E-state index is 12.9. The van der Waals surface area contributed by atoms with Crippen LogP contribution in [0, 0.1) is 0 Å². The zero-order valence-electron chi connectivity index (χ0n) is 18.7. The number of rotatable bonds is 8. The quantitative estimate of drug-likeness (QED) is 0.458. The van der Waals surface area contributed by atoms with E-state index in [-0.39, 0.29) is 11.1 Å². The highest BCUT2D eigenvalue weighted by molar-refractivity contribution is 6.15. The van der Waals surface area contributed by atoms with Crippen LogP contribution in [-0.2, 0) is 18.9 Å². The fourth-order valence-corrected chi connectivity index (χ4v) is 2.47. The summed E-state index contributed by atoms with van der Waals surface area (Å²) in [6.07, 6.45) is -2.01. The fraction of sp³-hybridized carbons (Fsp3) is 0.545. The Morgan fingerprint density at radius 3 is 0.967 bits per heavy atom. The minimum Gasteiger partial charge on any atom is -0.459 e. The Bertz CT molecular complexity index is 739. The number of hydrogen-bond acceptors (Lipinski definition) is 8. The molecule has 0 aromatic heterocycles. The monoisotopic (exact) mass is 422 g/mol. The molecule has 0 unspecified atom stereocenters. The number of benzene rings is 1. The van der Waals surface area contributed by atoms with E-state index in [1.807, 2.05) is 0 Å². The predicted molar refractivity (Wildman–Crippen MR) is 109 cm³/mol. The van der Waals surface area contributed by atoms with Crippen molar-refractivity contribution in [3.8, 4) is 0 Å². The van der Waals surface area contributed by atoms with Crippen molar-refractivity contribution in [2.24, 2.45) is 0 Å². The van der Waals surface area contributed by atoms with Crippen molar-refractivity contribution in [2.75, 3.05) is 0 Å². The molecule has 0 saturated heterocycles. The summed E-state index contributed by atoms with van der Waals surface area (Å²) in [6.45, 7) is 13.1. The standard InChI is InChI=1S/C22H30O8/c1-11(2)27-19(23)15-9-10-16(20(24)28-12(3)4)18(22(26)30-14(7)8)17(15)21(25)29-13(5)6/h9-14H,1-8H3. The van der Waals surface area contributed by atoms with E-state index in [1.165, 1.54) is 12.1 Å². The van der Waals surface area contributed by atoms with Crippen molar-refractivity contribution in [1.29, 1.82) is 0 Å². The Hall–Kier alpha value is -2.90. The zero-order valence-corrected chi connectivity index (χ0v) is 18.7. The molecule has 0 aliphatic carbocycles. The Labute approximate surface area is 176 Å². The molecule has 0 atom stereocenters. The normalized spacial score (nSPS) is 11.1. The molecular weight excluding hydrogens is 392 g/mol. The van der Waals surface area contributed by atoms with E-state index in [0.29, 0.717) is 0 Å². The summed E-state index contributed by atoms with van der Waals surface area (Å²) in [5.74, 6) is -3.56. The van der Waals surface area contributed by atoms with Crippen molar-refractivity contribution in [3.05, 3.63) is 34.4 Å². The fourth-order valence-electron chi connectivity index (χ4n) is 2.47. The second-order valence-electron chi connectivity index (χ2n) is 7.73. The first-order valence-electron chi connectivity index (χ1n) is 9.86. The molecule has 1 aromatic carbocycles. The summed E-state index contributed by atoms with van der Waals surface area (Å²) >= 11 is 0. The molecule has 0 bridgehead atoms. The van der Waals surface area contributed by atoms with Gasteiger partial charge in [0.05, 0.1) is 46.7 Å². The SMILES string of the molecule is CC(C)OC(=O)c1ccc(C(=O)OC(C)C)c(C(=O)OC(C)C)c1C(=O)OC(C)C. The maximum Gasteiger partial charge on any atom is 0.340 e. The van der Waals surface area contributed by atoms with E-state index in [4.69, 9.17) is 18.9 Å². The van der Waals surface area contributed by atoms with Crippen molar-refractivity contribution in [3.63, 3.8) is 0 Å². The molecular formula is C22H30O8. The van der Waals surface area contributed by atoms with Crippen LogP contribution in [0.15, 0.2) is 12.1 Å². The van der Waals surface area contributed by atoms with Gasteiger partial charge >= 0.3 is 23.9 Å². The summed E-state index contributed by atoms with van der Waals surface area (Å²) in [5.41, 5.74) is -1.19. The van der Waals surface area contributed by atoms with Gasteiger partial charge < -0.3 is 18.9 Å². The van der Waals surface area contributed by atoms with Crippen LogP contribution in [0.1, 0.15) is 96.8 Å². The molecule has 0 N–H and O–H groups in total. The molecule has 0 saturated carbocycles. The molecule has 1 rings (SSSR count). The smallest absolute Gasteiger partial charge is 0.340 e. The van der Waals surface area contributed by atoms with E-state index in [0.717, 1.165) is 0 Å². The number of carbonyl (C=O) groups excluding carboxylic acids is 4. The predicted octanol–water partition coefficient (Wildman–Crippen LogP) is 3.95. The van der Waals surface area contributed by atoms with Crippen LogP contribution < -0.4 is 0 Å². The highest BCUT2D eigenvalue weighted by atomic mass is 16.6. The lowest BCUT2D eigenvalue weighted by Crippen LogP contribution is -2.27. The summed E-state index contributed by atoms with van der Waals surface area (Å²) in [5, 5.41) is 0. The molecule has 1 aromatic rings. The lowest BCUT2D eigenvalue weighted by molar-refractivity contribution is 0.0292. The van der Waals surface area contributed by atoms with Gasteiger partial charge in [0.2, 0.25) is 0 Å². The van der Waals surface area contributed by atoms with Crippen LogP contribution in [-0.4, -0.2) is 48.3 Å². The highest BCUT2D eigenvalue weighted by Crippen LogP contribution is 2.25. The van der Waals surface area contributed by atoms with Crippen molar-refractivity contribution >= 4 is 23.9 Å². The van der Waals surface area contributed by atoms with Gasteiger partial charge in [-0.05, 0) is 67.5 Å². The number of carbonyl (C=O) groups is 4. The number of esters is 4. The first-order valence-corrected chi connectivity index (χ1v) is 9.86. The van der Waals surface area contributed by atoms with Gasteiger partial charge in [0.25, 0.3) is 0 Å². The van der Waals surface area contributed by atoms with Gasteiger partial charge in [-0.15, -0.1) is 0 Å². The first-order chi connectivity index (χ1) is 13.8. The van der Waals surface area contributed by atoms with Crippen LogP contribution in [0.2, 0.25) is 0 Å². The van der Waals surface area contributed by atoms with E-state index in [1.54, 1.807) is 55.4 Å². The Balaban J connectivity index is 3.81. The minimum absolute atomic E-state index is 0.203. The van der Waals surface area contributed by atoms with Crippen molar-refractivity contribution in [1.82, 2.24) is 0 Å². The molecule has 166 valence electrons. The molecule has 0 amide bonds. The Kier molecular flexibility index (Phi) is 9.01. The average Bonchev–Trinajstić information content (AvgIpc) is 2.57. The summed E-state index contributed by atoms with van der Waals surface area (Å²) in [4.78, 5) is 51.0. The zero-order chi connectivity index (χ0) is 23.2. The molecule has 8 nitrogen and oxygen atoms in total. The van der Waals surface area contributed by atoms with Gasteiger partial charge in [-0.1, -0.05) is 0 Å². The van der Waals surface area contributed by atoms with Gasteiger partial charge in [-0.2, -0.15) is 0 Å². The summed E-state index contributed by atoms with van der Waals surface area (Å²) in [7, 11) is 0. The largest absolute Gasteiger partial charge is 0.459 e. The van der Waals surface area contributed by atoms with Gasteiger partial charge in [-0.25, -0.2) is 19.2 Å². The second kappa shape index (κ2) is 10.8.